The largest absolute Gasteiger partial charge is 0.491 e. The molecule has 200 valence electrons. The highest BCUT2D eigenvalue weighted by Gasteiger charge is 2.54. The summed E-state index contributed by atoms with van der Waals surface area (Å²) in [5.41, 5.74) is 11.6. The molecular weight excluding hydrogens is 474 g/mol. The van der Waals surface area contributed by atoms with Crippen LogP contribution in [0.25, 0.3) is 11.1 Å². The predicted molar refractivity (Wildman–Crippen MR) is 152 cm³/mol. The zero-order chi connectivity index (χ0) is 26.9. The van der Waals surface area contributed by atoms with Gasteiger partial charge in [0, 0.05) is 25.3 Å². The van der Waals surface area contributed by atoms with E-state index in [0.717, 1.165) is 24.4 Å². The number of anilines is 1. The molecule has 0 radical (unpaired) electrons. The molecule has 0 saturated heterocycles. The lowest BCUT2D eigenvalue weighted by Gasteiger charge is -2.19. The van der Waals surface area contributed by atoms with Crippen LogP contribution in [-0.4, -0.2) is 33.4 Å². The van der Waals surface area contributed by atoms with Gasteiger partial charge in [-0.15, -0.1) is 0 Å². The molecule has 1 spiro atoms. The van der Waals surface area contributed by atoms with Crippen LogP contribution in [-0.2, 0) is 27.2 Å². The zero-order valence-electron chi connectivity index (χ0n) is 23.3. The van der Waals surface area contributed by atoms with Crippen LogP contribution in [0.5, 0.6) is 5.75 Å². The second-order valence-electron chi connectivity index (χ2n) is 11.0. The summed E-state index contributed by atoms with van der Waals surface area (Å²) >= 11 is 0. The summed E-state index contributed by atoms with van der Waals surface area (Å²) in [6, 6.07) is 17.5. The van der Waals surface area contributed by atoms with E-state index >= 15 is 0 Å². The third kappa shape index (κ3) is 5.17. The monoisotopic (exact) mass is 513 g/mol. The second-order valence-corrected chi connectivity index (χ2v) is 11.0. The van der Waals surface area contributed by atoms with E-state index in [1.54, 1.807) is 7.11 Å². The smallest absolute Gasteiger partial charge is 0.306 e. The van der Waals surface area contributed by atoms with Crippen LogP contribution in [0.1, 0.15) is 58.6 Å². The van der Waals surface area contributed by atoms with Gasteiger partial charge in [-0.05, 0) is 114 Å². The van der Waals surface area contributed by atoms with Crippen LogP contribution in [0.2, 0.25) is 0 Å². The molecule has 0 bridgehead atoms. The van der Waals surface area contributed by atoms with Crippen LogP contribution in [0.4, 0.5) is 5.69 Å². The Balaban J connectivity index is 1.32. The molecule has 2 aliphatic rings. The Hall–Kier alpha value is -3.31. The van der Waals surface area contributed by atoms with Crippen LogP contribution >= 0.6 is 0 Å². The summed E-state index contributed by atoms with van der Waals surface area (Å²) in [5.74, 6) is 1.07. The zero-order valence-corrected chi connectivity index (χ0v) is 23.3. The molecule has 5 rings (SSSR count). The summed E-state index contributed by atoms with van der Waals surface area (Å²) in [6.07, 6.45) is 3.97. The van der Waals surface area contributed by atoms with Gasteiger partial charge in [0.25, 0.3) is 0 Å². The fourth-order valence-electron chi connectivity index (χ4n) is 6.32. The summed E-state index contributed by atoms with van der Waals surface area (Å²) in [5, 5.41) is 3.67. The van der Waals surface area contributed by atoms with Gasteiger partial charge in [-0.3, -0.25) is 4.79 Å². The molecule has 5 heteroatoms. The maximum absolute atomic E-state index is 12.0. The van der Waals surface area contributed by atoms with Crippen molar-refractivity contribution in [2.75, 3.05) is 32.8 Å². The summed E-state index contributed by atoms with van der Waals surface area (Å²) in [6.45, 7) is 8.40. The molecule has 0 amide bonds. The predicted octanol–water partition coefficient (Wildman–Crippen LogP) is 6.90. The molecule has 3 aromatic carbocycles. The molecule has 0 aromatic heterocycles. The lowest BCUT2D eigenvalue weighted by Crippen LogP contribution is -2.14. The number of ether oxygens (including phenoxy) is 3. The number of benzene rings is 3. The SMILES string of the molecule is COCCOc1cc(C)c(-c2cccc(CNc3ccc4c(c3)CC3(CC3)C4CC(=O)OC)c2C)c(C)c1. The van der Waals surface area contributed by atoms with E-state index in [4.69, 9.17) is 14.2 Å². The van der Waals surface area contributed by atoms with Crippen molar-refractivity contribution in [1.29, 1.82) is 0 Å². The first-order chi connectivity index (χ1) is 18.3. The molecule has 0 aliphatic heterocycles. The fraction of sp³-hybridized carbons (Fsp3) is 0.424. The molecule has 3 aromatic rings. The lowest BCUT2D eigenvalue weighted by atomic mass is 9.87. The van der Waals surface area contributed by atoms with Gasteiger partial charge < -0.3 is 19.5 Å². The van der Waals surface area contributed by atoms with Gasteiger partial charge in [0.2, 0.25) is 0 Å². The Labute approximate surface area is 226 Å². The molecule has 38 heavy (non-hydrogen) atoms. The Morgan fingerprint density at radius 3 is 2.45 bits per heavy atom. The fourth-order valence-corrected chi connectivity index (χ4v) is 6.32. The van der Waals surface area contributed by atoms with Crippen molar-refractivity contribution in [3.8, 4) is 16.9 Å². The van der Waals surface area contributed by atoms with E-state index in [9.17, 15) is 4.79 Å². The molecule has 1 N–H and O–H groups in total. The van der Waals surface area contributed by atoms with Crippen LogP contribution in [0.15, 0.2) is 48.5 Å². The number of methoxy groups -OCH3 is 2. The number of nitrogens with one attached hydrogen (secondary N) is 1. The van der Waals surface area contributed by atoms with E-state index < -0.39 is 0 Å². The topological polar surface area (TPSA) is 56.8 Å². The van der Waals surface area contributed by atoms with Crippen molar-refractivity contribution in [1.82, 2.24) is 0 Å². The van der Waals surface area contributed by atoms with Gasteiger partial charge in [-0.2, -0.15) is 0 Å². The van der Waals surface area contributed by atoms with Crippen molar-refractivity contribution < 1.29 is 19.0 Å². The third-order valence-corrected chi connectivity index (χ3v) is 8.55. The minimum atomic E-state index is -0.106. The maximum atomic E-state index is 12.0. The molecule has 0 heterocycles. The number of carbonyl (C=O) groups is 1. The van der Waals surface area contributed by atoms with Crippen molar-refractivity contribution in [3.05, 3.63) is 81.9 Å². The summed E-state index contributed by atoms with van der Waals surface area (Å²) in [7, 11) is 3.17. The Morgan fingerprint density at radius 2 is 1.76 bits per heavy atom. The van der Waals surface area contributed by atoms with Gasteiger partial charge >= 0.3 is 5.97 Å². The number of esters is 1. The van der Waals surface area contributed by atoms with E-state index in [1.165, 1.54) is 64.5 Å². The normalized spacial score (nSPS) is 16.8. The lowest BCUT2D eigenvalue weighted by molar-refractivity contribution is -0.141. The first-order valence-corrected chi connectivity index (χ1v) is 13.6. The Morgan fingerprint density at radius 1 is 1.00 bits per heavy atom. The van der Waals surface area contributed by atoms with Gasteiger partial charge in [0.1, 0.15) is 12.4 Å². The highest BCUT2D eigenvalue weighted by Crippen LogP contribution is 2.64. The quantitative estimate of drug-likeness (QED) is 0.236. The highest BCUT2D eigenvalue weighted by atomic mass is 16.5. The van der Waals surface area contributed by atoms with Crippen molar-refractivity contribution in [2.24, 2.45) is 5.41 Å². The average molecular weight is 514 g/mol. The van der Waals surface area contributed by atoms with Crippen LogP contribution < -0.4 is 10.1 Å². The van der Waals surface area contributed by atoms with E-state index in [-0.39, 0.29) is 11.4 Å². The number of rotatable bonds is 10. The van der Waals surface area contributed by atoms with E-state index in [0.29, 0.717) is 25.6 Å². The molecule has 1 unspecified atom stereocenters. The summed E-state index contributed by atoms with van der Waals surface area (Å²) in [4.78, 5) is 12.0. The number of carbonyl (C=O) groups excluding carboxylic acids is 1. The second kappa shape index (κ2) is 10.8. The van der Waals surface area contributed by atoms with Crippen molar-refractivity contribution in [2.45, 2.75) is 58.9 Å². The molecule has 5 nitrogen and oxygen atoms in total. The van der Waals surface area contributed by atoms with Crippen LogP contribution in [0, 0.1) is 26.2 Å². The van der Waals surface area contributed by atoms with Crippen molar-refractivity contribution >= 4 is 11.7 Å². The molecule has 1 fully saturated rings. The van der Waals surface area contributed by atoms with E-state index in [2.05, 4.69) is 74.6 Å². The Kier molecular flexibility index (Phi) is 7.49. The minimum absolute atomic E-state index is 0.106. The van der Waals surface area contributed by atoms with Crippen LogP contribution in [0.3, 0.4) is 0 Å². The van der Waals surface area contributed by atoms with Gasteiger partial charge in [0.05, 0.1) is 20.1 Å². The first-order valence-electron chi connectivity index (χ1n) is 13.6. The van der Waals surface area contributed by atoms with Crippen molar-refractivity contribution in [3.63, 3.8) is 0 Å². The number of hydrogen-bond acceptors (Lipinski definition) is 5. The minimum Gasteiger partial charge on any atom is -0.491 e. The first kappa shape index (κ1) is 26.3. The summed E-state index contributed by atoms with van der Waals surface area (Å²) < 4.78 is 16.0. The average Bonchev–Trinajstić information content (AvgIpc) is 3.61. The molecule has 1 atom stereocenters. The molecular formula is C33H39NO4. The number of hydrogen-bond donors (Lipinski definition) is 1. The standard InChI is InChI=1S/C33H39NO4/c1-21-15-27(38-14-13-36-4)16-22(2)32(21)28-8-6-7-24(23(28)3)20-34-26-9-10-29-25(17-26)19-33(11-12-33)30(29)18-31(35)37-5/h6-10,15-17,30,34H,11-14,18-20H2,1-5H3. The Bertz CT molecular complexity index is 1320. The molecule has 1 saturated carbocycles. The van der Waals surface area contributed by atoms with Gasteiger partial charge in [0.15, 0.2) is 0 Å². The van der Waals surface area contributed by atoms with Gasteiger partial charge in [-0.1, -0.05) is 24.3 Å². The third-order valence-electron chi connectivity index (χ3n) is 8.55. The highest BCUT2D eigenvalue weighted by molar-refractivity contribution is 5.75. The van der Waals surface area contributed by atoms with E-state index in [1.807, 2.05) is 0 Å². The maximum Gasteiger partial charge on any atom is 0.306 e. The number of fused-ring (bicyclic) bond motifs is 1. The van der Waals surface area contributed by atoms with Gasteiger partial charge in [-0.25, -0.2) is 0 Å². The molecule has 2 aliphatic carbocycles. The number of aryl methyl sites for hydroxylation is 2.